The number of hydrogen-bond donors (Lipinski definition) is 1. The van der Waals surface area contributed by atoms with Crippen LogP contribution >= 0.6 is 0 Å². The second-order valence-electron chi connectivity index (χ2n) is 8.48. The van der Waals surface area contributed by atoms with E-state index in [2.05, 4.69) is 36.2 Å². The van der Waals surface area contributed by atoms with Crippen LogP contribution in [-0.4, -0.2) is 62.9 Å². The fourth-order valence-corrected chi connectivity index (χ4v) is 5.99. The summed E-state index contributed by atoms with van der Waals surface area (Å²) in [5.74, 6) is 0.474. The summed E-state index contributed by atoms with van der Waals surface area (Å²) in [6, 6.07) is 16.9. The van der Waals surface area contributed by atoms with Gasteiger partial charge in [-0.3, -0.25) is 9.69 Å². The second kappa shape index (κ2) is 12.3. The number of ether oxygens (including phenoxy) is 1. The van der Waals surface area contributed by atoms with Crippen LogP contribution in [0.3, 0.4) is 0 Å². The minimum atomic E-state index is -3.58. The maximum absolute atomic E-state index is 13.0. The highest BCUT2D eigenvalue weighted by atomic mass is 32.2. The van der Waals surface area contributed by atoms with Gasteiger partial charge in [-0.2, -0.15) is 4.31 Å². The topological polar surface area (TPSA) is 79.0 Å². The van der Waals surface area contributed by atoms with E-state index in [1.165, 1.54) is 9.87 Å². The molecule has 1 amide bonds. The summed E-state index contributed by atoms with van der Waals surface area (Å²) in [5, 5.41) is 3.14. The molecular formula is C26H37N3O4S. The number of carbonyl (C=O) groups excluding carboxylic acids is 1. The lowest BCUT2D eigenvalue weighted by Crippen LogP contribution is -2.45. The number of piperidine rings is 1. The van der Waals surface area contributed by atoms with Crippen LogP contribution in [0, 0.1) is 5.92 Å². The van der Waals surface area contributed by atoms with Gasteiger partial charge < -0.3 is 10.1 Å². The van der Waals surface area contributed by atoms with Gasteiger partial charge in [0.15, 0.2) is 0 Å². The van der Waals surface area contributed by atoms with Crippen LogP contribution in [0.25, 0.3) is 0 Å². The molecule has 0 unspecified atom stereocenters. The molecule has 2 aromatic carbocycles. The van der Waals surface area contributed by atoms with Crippen molar-refractivity contribution < 1.29 is 17.9 Å². The van der Waals surface area contributed by atoms with Crippen LogP contribution in [0.1, 0.15) is 45.2 Å². The van der Waals surface area contributed by atoms with Crippen molar-refractivity contribution in [2.75, 3.05) is 39.3 Å². The van der Waals surface area contributed by atoms with Gasteiger partial charge in [0, 0.05) is 25.6 Å². The Morgan fingerprint density at radius 3 is 2.21 bits per heavy atom. The molecule has 0 aromatic heterocycles. The quantitative estimate of drug-likeness (QED) is 0.523. The van der Waals surface area contributed by atoms with E-state index in [1.54, 1.807) is 24.3 Å². The van der Waals surface area contributed by atoms with Crippen molar-refractivity contribution in [3.8, 4) is 5.75 Å². The molecule has 34 heavy (non-hydrogen) atoms. The van der Waals surface area contributed by atoms with Gasteiger partial charge in [-0.15, -0.1) is 0 Å². The minimum Gasteiger partial charge on any atom is -0.494 e. The Hall–Kier alpha value is -2.42. The number of sulfonamides is 1. The van der Waals surface area contributed by atoms with Gasteiger partial charge in [-0.1, -0.05) is 44.2 Å². The molecule has 8 heteroatoms. The molecule has 7 nitrogen and oxygen atoms in total. The third-order valence-electron chi connectivity index (χ3n) is 6.50. The standard InChI is InChI=1S/C26H37N3O4S/c1-4-28(5-2)25(21-10-8-7-9-11-21)20-27-26(30)22-16-18-29(19-17-22)34(31,32)24-14-12-23(13-15-24)33-6-3/h7-15,22,25H,4-6,16-20H2,1-3H3,(H,27,30)/t25-/m1/s1. The van der Waals surface area contributed by atoms with Crippen molar-refractivity contribution in [1.29, 1.82) is 0 Å². The fourth-order valence-electron chi connectivity index (χ4n) is 4.52. The predicted molar refractivity (Wildman–Crippen MR) is 134 cm³/mol. The van der Waals surface area contributed by atoms with E-state index in [0.717, 1.165) is 13.1 Å². The van der Waals surface area contributed by atoms with Gasteiger partial charge in [0.2, 0.25) is 15.9 Å². The molecule has 186 valence electrons. The zero-order chi connectivity index (χ0) is 24.6. The summed E-state index contributed by atoms with van der Waals surface area (Å²) in [6.07, 6.45) is 1.03. The Labute approximate surface area is 204 Å². The molecule has 0 radical (unpaired) electrons. The van der Waals surface area contributed by atoms with Gasteiger partial charge in [0.05, 0.1) is 17.5 Å². The number of likely N-dealkylation sites (N-methyl/N-ethyl adjacent to an activating group) is 1. The molecule has 1 aliphatic rings. The van der Waals surface area contributed by atoms with Gasteiger partial charge in [0.1, 0.15) is 5.75 Å². The molecule has 2 aromatic rings. The lowest BCUT2D eigenvalue weighted by Gasteiger charge is -2.33. The lowest BCUT2D eigenvalue weighted by atomic mass is 9.97. The molecule has 1 atom stereocenters. The fraction of sp³-hybridized carbons (Fsp3) is 0.500. The molecule has 0 saturated carbocycles. The third kappa shape index (κ3) is 6.37. The normalized spacial score (nSPS) is 16.4. The van der Waals surface area contributed by atoms with E-state index in [0.29, 0.717) is 44.8 Å². The zero-order valence-electron chi connectivity index (χ0n) is 20.4. The molecule has 0 bridgehead atoms. The third-order valence-corrected chi connectivity index (χ3v) is 8.42. The van der Waals surface area contributed by atoms with Crippen LogP contribution < -0.4 is 10.1 Å². The van der Waals surface area contributed by atoms with Gasteiger partial charge >= 0.3 is 0 Å². The largest absolute Gasteiger partial charge is 0.494 e. The Bertz CT molecular complexity index is 1000. The number of nitrogens with one attached hydrogen (secondary N) is 1. The Morgan fingerprint density at radius 1 is 1.03 bits per heavy atom. The summed E-state index contributed by atoms with van der Waals surface area (Å²) in [5.41, 5.74) is 1.18. The first-order valence-electron chi connectivity index (χ1n) is 12.2. The van der Waals surface area contributed by atoms with Crippen molar-refractivity contribution in [1.82, 2.24) is 14.5 Å². The van der Waals surface area contributed by atoms with Crippen LogP contribution in [0.2, 0.25) is 0 Å². The molecule has 0 spiro atoms. The van der Waals surface area contributed by atoms with Crippen molar-refractivity contribution in [3.05, 3.63) is 60.2 Å². The predicted octanol–water partition coefficient (Wildman–Crippen LogP) is 3.69. The SMILES string of the molecule is CCOc1ccc(S(=O)(=O)N2CCC(C(=O)NC[C@H](c3ccccc3)N(CC)CC)CC2)cc1. The van der Waals surface area contributed by atoms with E-state index in [-0.39, 0.29) is 22.8 Å². The Balaban J connectivity index is 1.57. The molecular weight excluding hydrogens is 450 g/mol. The van der Waals surface area contributed by atoms with Crippen molar-refractivity contribution in [3.63, 3.8) is 0 Å². The van der Waals surface area contributed by atoms with Crippen LogP contribution in [0.4, 0.5) is 0 Å². The molecule has 1 heterocycles. The van der Waals surface area contributed by atoms with E-state index in [9.17, 15) is 13.2 Å². The number of carbonyl (C=O) groups is 1. The Kier molecular flexibility index (Phi) is 9.50. The molecule has 3 rings (SSSR count). The molecule has 1 saturated heterocycles. The first-order chi connectivity index (χ1) is 16.4. The molecule has 1 aliphatic heterocycles. The van der Waals surface area contributed by atoms with Crippen LogP contribution in [-0.2, 0) is 14.8 Å². The van der Waals surface area contributed by atoms with E-state index < -0.39 is 10.0 Å². The average Bonchev–Trinajstić information content (AvgIpc) is 2.87. The van der Waals surface area contributed by atoms with Gasteiger partial charge in [0.25, 0.3) is 0 Å². The summed E-state index contributed by atoms with van der Waals surface area (Å²) >= 11 is 0. The highest BCUT2D eigenvalue weighted by molar-refractivity contribution is 7.89. The highest BCUT2D eigenvalue weighted by Crippen LogP contribution is 2.26. The summed E-state index contributed by atoms with van der Waals surface area (Å²) < 4.78 is 32.9. The second-order valence-corrected chi connectivity index (χ2v) is 10.4. The number of amides is 1. The minimum absolute atomic E-state index is 0.00574. The first-order valence-corrected chi connectivity index (χ1v) is 13.6. The highest BCUT2D eigenvalue weighted by Gasteiger charge is 2.32. The van der Waals surface area contributed by atoms with Crippen molar-refractivity contribution in [2.24, 2.45) is 5.92 Å². The maximum atomic E-state index is 13.0. The molecule has 1 N–H and O–H groups in total. The summed E-state index contributed by atoms with van der Waals surface area (Å²) in [7, 11) is -3.58. The van der Waals surface area contributed by atoms with Crippen molar-refractivity contribution in [2.45, 2.75) is 44.6 Å². The molecule has 0 aliphatic carbocycles. The first kappa shape index (κ1) is 26.2. The number of nitrogens with zero attached hydrogens (tertiary/aromatic N) is 2. The molecule has 1 fully saturated rings. The van der Waals surface area contributed by atoms with E-state index in [4.69, 9.17) is 4.74 Å². The monoisotopic (exact) mass is 487 g/mol. The number of hydrogen-bond acceptors (Lipinski definition) is 5. The lowest BCUT2D eigenvalue weighted by molar-refractivity contribution is -0.126. The number of rotatable bonds is 11. The Morgan fingerprint density at radius 2 is 1.65 bits per heavy atom. The summed E-state index contributed by atoms with van der Waals surface area (Å²) in [4.78, 5) is 15.5. The average molecular weight is 488 g/mol. The van der Waals surface area contributed by atoms with Crippen LogP contribution in [0.15, 0.2) is 59.5 Å². The summed E-state index contributed by atoms with van der Waals surface area (Å²) in [6.45, 7) is 9.68. The van der Waals surface area contributed by atoms with Gasteiger partial charge in [-0.25, -0.2) is 8.42 Å². The van der Waals surface area contributed by atoms with Gasteiger partial charge in [-0.05, 0) is 62.7 Å². The van der Waals surface area contributed by atoms with E-state index >= 15 is 0 Å². The van der Waals surface area contributed by atoms with E-state index in [1.807, 2.05) is 25.1 Å². The van der Waals surface area contributed by atoms with Crippen molar-refractivity contribution >= 4 is 15.9 Å². The zero-order valence-corrected chi connectivity index (χ0v) is 21.3. The maximum Gasteiger partial charge on any atom is 0.243 e. The van der Waals surface area contributed by atoms with Crippen LogP contribution in [0.5, 0.6) is 5.75 Å². The number of benzene rings is 2. The smallest absolute Gasteiger partial charge is 0.243 e.